The van der Waals surface area contributed by atoms with Crippen molar-refractivity contribution in [3.05, 3.63) is 24.3 Å². The molecule has 0 bridgehead atoms. The topological polar surface area (TPSA) is 73.1 Å². The maximum Gasteiger partial charge on any atom is 0.237 e. The minimum Gasteiger partial charge on any atom is -0.330 e. The van der Waals surface area contributed by atoms with Crippen molar-refractivity contribution in [1.29, 1.82) is 0 Å². The summed E-state index contributed by atoms with van der Waals surface area (Å²) in [6, 6.07) is 6.98. The van der Waals surface area contributed by atoms with Gasteiger partial charge in [0.1, 0.15) is 0 Å². The third-order valence-electron chi connectivity index (χ3n) is 2.25. The summed E-state index contributed by atoms with van der Waals surface area (Å²) in [6.45, 7) is -0.00864. The van der Waals surface area contributed by atoms with Gasteiger partial charge in [-0.1, -0.05) is 12.1 Å². The molecule has 0 aliphatic carbocycles. The number of benzene rings is 1. The first-order chi connectivity index (χ1) is 8.05. The molecule has 0 amide bonds. The molecule has 0 saturated heterocycles. The van der Waals surface area contributed by atoms with Gasteiger partial charge in [0.25, 0.3) is 0 Å². The second-order valence-electron chi connectivity index (χ2n) is 3.48. The zero-order valence-corrected chi connectivity index (χ0v) is 10.5. The molecule has 2 N–H and O–H groups in total. The third-order valence-corrected chi connectivity index (χ3v) is 5.51. The number of rotatable bonds is 4. The number of halogens is 1. The molecular weight excluding hydrogens is 263 g/mol. The first kappa shape index (κ1) is 12.4. The number of aromatic nitrogens is 1. The van der Waals surface area contributed by atoms with Crippen LogP contribution < -0.4 is 5.73 Å². The number of nitrogens with two attached hydrogens (primary N) is 1. The van der Waals surface area contributed by atoms with E-state index in [0.717, 1.165) is 16.0 Å². The Hall–Kier alpha value is -1.05. The standard InChI is InChI=1S/C10H11FN2O2S2/c11-9(5-6-12)17(14,15)10-13-7-3-1-2-4-8(7)16-10/h1-4,9H,5-6,12H2. The van der Waals surface area contributed by atoms with Crippen LogP contribution in [0, 0.1) is 0 Å². The summed E-state index contributed by atoms with van der Waals surface area (Å²) >= 11 is 0.979. The fourth-order valence-corrected chi connectivity index (χ4v) is 4.00. The Morgan fingerprint density at radius 1 is 1.41 bits per heavy atom. The van der Waals surface area contributed by atoms with E-state index < -0.39 is 15.3 Å². The lowest BCUT2D eigenvalue weighted by Gasteiger charge is -2.04. The van der Waals surface area contributed by atoms with Gasteiger partial charge in [-0.2, -0.15) is 0 Å². The Morgan fingerprint density at radius 2 is 2.12 bits per heavy atom. The fourth-order valence-electron chi connectivity index (χ4n) is 1.37. The minimum atomic E-state index is -4.00. The van der Waals surface area contributed by atoms with Gasteiger partial charge < -0.3 is 5.73 Å². The quantitative estimate of drug-likeness (QED) is 0.921. The average molecular weight is 274 g/mol. The van der Waals surface area contributed by atoms with Crippen LogP contribution in [0.15, 0.2) is 28.6 Å². The lowest BCUT2D eigenvalue weighted by atomic mass is 10.3. The molecule has 0 saturated carbocycles. The summed E-state index contributed by atoms with van der Waals surface area (Å²) < 4.78 is 37.7. The minimum absolute atomic E-state index is 0.00864. The van der Waals surface area contributed by atoms with E-state index in [1.807, 2.05) is 0 Å². The highest BCUT2D eigenvalue weighted by Crippen LogP contribution is 2.28. The van der Waals surface area contributed by atoms with Crippen molar-refractivity contribution < 1.29 is 12.8 Å². The van der Waals surface area contributed by atoms with Gasteiger partial charge >= 0.3 is 0 Å². The van der Waals surface area contributed by atoms with Crippen molar-refractivity contribution in [2.75, 3.05) is 6.54 Å². The molecule has 0 aliphatic heterocycles. The first-order valence-electron chi connectivity index (χ1n) is 4.99. The Morgan fingerprint density at radius 3 is 2.76 bits per heavy atom. The lowest BCUT2D eigenvalue weighted by molar-refractivity contribution is 0.402. The largest absolute Gasteiger partial charge is 0.330 e. The Balaban J connectivity index is 2.45. The summed E-state index contributed by atoms with van der Waals surface area (Å²) in [5, 5.41) is 0. The van der Waals surface area contributed by atoms with E-state index in [4.69, 9.17) is 5.73 Å². The van der Waals surface area contributed by atoms with E-state index in [2.05, 4.69) is 4.98 Å². The number of alkyl halides is 1. The van der Waals surface area contributed by atoms with Crippen LogP contribution in [0.25, 0.3) is 10.2 Å². The van der Waals surface area contributed by atoms with Gasteiger partial charge in [-0.15, -0.1) is 11.3 Å². The molecule has 92 valence electrons. The highest BCUT2D eigenvalue weighted by Gasteiger charge is 2.29. The van der Waals surface area contributed by atoms with Crippen molar-refractivity contribution in [3.8, 4) is 0 Å². The van der Waals surface area contributed by atoms with Crippen LogP contribution in [0.2, 0.25) is 0 Å². The number of thiazole rings is 1. The van der Waals surface area contributed by atoms with Crippen LogP contribution in [0.4, 0.5) is 4.39 Å². The zero-order valence-electron chi connectivity index (χ0n) is 8.84. The molecule has 1 aromatic carbocycles. The fraction of sp³-hybridized carbons (Fsp3) is 0.300. The molecule has 0 fully saturated rings. The molecule has 0 aliphatic rings. The summed E-state index contributed by atoms with van der Waals surface area (Å²) in [4.78, 5) is 3.94. The normalized spacial score (nSPS) is 14.0. The molecule has 2 rings (SSSR count). The highest BCUT2D eigenvalue weighted by atomic mass is 32.2. The van der Waals surface area contributed by atoms with E-state index in [1.165, 1.54) is 0 Å². The van der Waals surface area contributed by atoms with Crippen LogP contribution in [0.5, 0.6) is 0 Å². The number of para-hydroxylation sites is 1. The maximum absolute atomic E-state index is 13.5. The van der Waals surface area contributed by atoms with Crippen molar-refractivity contribution in [2.24, 2.45) is 5.73 Å². The van der Waals surface area contributed by atoms with Crippen LogP contribution in [-0.4, -0.2) is 25.5 Å². The number of nitrogens with zero attached hydrogens (tertiary/aromatic N) is 1. The van der Waals surface area contributed by atoms with Gasteiger partial charge in [-0.3, -0.25) is 0 Å². The summed E-state index contributed by atoms with van der Waals surface area (Å²) in [7, 11) is -4.00. The molecule has 2 aromatic rings. The van der Waals surface area contributed by atoms with Crippen LogP contribution >= 0.6 is 11.3 Å². The van der Waals surface area contributed by atoms with Gasteiger partial charge in [-0.25, -0.2) is 17.8 Å². The van der Waals surface area contributed by atoms with Gasteiger partial charge in [0.15, 0.2) is 0 Å². The van der Waals surface area contributed by atoms with Gasteiger partial charge in [-0.05, 0) is 18.7 Å². The molecule has 1 aromatic heterocycles. The monoisotopic (exact) mass is 274 g/mol. The molecule has 4 nitrogen and oxygen atoms in total. The molecule has 0 radical (unpaired) electrons. The molecule has 1 atom stereocenters. The SMILES string of the molecule is NCCC(F)S(=O)(=O)c1nc2ccccc2s1. The van der Waals surface area contributed by atoms with Crippen molar-refractivity contribution >= 4 is 31.4 Å². The Labute approximate surface area is 102 Å². The summed E-state index contributed by atoms with van der Waals surface area (Å²) in [5.41, 5.74) is 3.74. The first-order valence-corrected chi connectivity index (χ1v) is 7.35. The zero-order chi connectivity index (χ0) is 12.5. The molecular formula is C10H11FN2O2S2. The second-order valence-corrected chi connectivity index (χ2v) is 6.76. The van der Waals surface area contributed by atoms with Gasteiger partial charge in [0.05, 0.1) is 10.2 Å². The Bertz CT molecular complexity index is 591. The van der Waals surface area contributed by atoms with Crippen molar-refractivity contribution in [1.82, 2.24) is 4.98 Å². The molecule has 7 heteroatoms. The number of hydrogen-bond acceptors (Lipinski definition) is 5. The predicted molar refractivity (Wildman–Crippen MR) is 65.4 cm³/mol. The van der Waals surface area contributed by atoms with E-state index in [9.17, 15) is 12.8 Å². The molecule has 17 heavy (non-hydrogen) atoms. The number of hydrogen-bond donors (Lipinski definition) is 1. The third kappa shape index (κ3) is 2.31. The number of sulfone groups is 1. The average Bonchev–Trinajstić information content (AvgIpc) is 2.73. The van der Waals surface area contributed by atoms with Crippen LogP contribution in [0.1, 0.15) is 6.42 Å². The van der Waals surface area contributed by atoms with Gasteiger partial charge in [0.2, 0.25) is 19.7 Å². The molecule has 1 unspecified atom stereocenters. The number of fused-ring (bicyclic) bond motifs is 1. The second kappa shape index (κ2) is 4.67. The van der Waals surface area contributed by atoms with E-state index in [1.54, 1.807) is 24.3 Å². The lowest BCUT2D eigenvalue weighted by Crippen LogP contribution is -2.20. The predicted octanol–water partition coefficient (Wildman–Crippen LogP) is 1.71. The van der Waals surface area contributed by atoms with Crippen molar-refractivity contribution in [2.45, 2.75) is 16.3 Å². The van der Waals surface area contributed by atoms with Crippen LogP contribution in [0.3, 0.4) is 0 Å². The van der Waals surface area contributed by atoms with E-state index in [-0.39, 0.29) is 17.3 Å². The maximum atomic E-state index is 13.5. The van der Waals surface area contributed by atoms with E-state index in [0.29, 0.717) is 5.52 Å². The summed E-state index contributed by atoms with van der Waals surface area (Å²) in [6.07, 6.45) is -0.210. The smallest absolute Gasteiger partial charge is 0.237 e. The summed E-state index contributed by atoms with van der Waals surface area (Å²) in [5.74, 6) is 0. The molecule has 0 spiro atoms. The van der Waals surface area contributed by atoms with E-state index >= 15 is 0 Å². The van der Waals surface area contributed by atoms with Gasteiger partial charge in [0, 0.05) is 6.42 Å². The van der Waals surface area contributed by atoms with Crippen molar-refractivity contribution in [3.63, 3.8) is 0 Å². The Kier molecular flexibility index (Phi) is 3.41. The molecule has 1 heterocycles. The highest BCUT2D eigenvalue weighted by molar-refractivity contribution is 7.93. The van der Waals surface area contributed by atoms with Crippen LogP contribution in [-0.2, 0) is 9.84 Å².